The van der Waals surface area contributed by atoms with Crippen LogP contribution in [0.15, 0.2) is 40.9 Å². The molecular weight excluding hydrogens is 302 g/mol. The zero-order valence-corrected chi connectivity index (χ0v) is 12.6. The van der Waals surface area contributed by atoms with Gasteiger partial charge in [0.1, 0.15) is 5.51 Å². The molecule has 0 spiro atoms. The Bertz CT molecular complexity index is 714. The van der Waals surface area contributed by atoms with E-state index in [0.29, 0.717) is 17.4 Å². The molecule has 8 heteroatoms. The van der Waals surface area contributed by atoms with E-state index in [2.05, 4.69) is 20.6 Å². The molecule has 7 nitrogen and oxygen atoms in total. The quantitative estimate of drug-likeness (QED) is 0.866. The number of nitrogens with one attached hydrogen (secondary N) is 1. The molecule has 0 saturated carbocycles. The van der Waals surface area contributed by atoms with Crippen molar-refractivity contribution in [2.24, 2.45) is 11.0 Å². The van der Waals surface area contributed by atoms with Crippen LogP contribution in [0.25, 0.3) is 0 Å². The minimum absolute atomic E-state index is 0.330. The summed E-state index contributed by atoms with van der Waals surface area (Å²) in [5.41, 5.74) is 2.94. The third-order valence-electron chi connectivity index (χ3n) is 3.23. The van der Waals surface area contributed by atoms with Gasteiger partial charge in [-0.3, -0.25) is 14.9 Å². The van der Waals surface area contributed by atoms with Gasteiger partial charge in [-0.25, -0.2) is 5.01 Å². The van der Waals surface area contributed by atoms with Gasteiger partial charge in [-0.15, -0.1) is 10.2 Å². The molecule has 1 aromatic heterocycles. The second-order valence-corrected chi connectivity index (χ2v) is 5.62. The SMILES string of the molecule is CC1=NN(Cc2ccccc2)C(=O)[C@H]1C(=O)Nc1nncs1. The highest BCUT2D eigenvalue weighted by Gasteiger charge is 2.39. The van der Waals surface area contributed by atoms with Crippen LogP contribution in [0, 0.1) is 5.92 Å². The molecule has 22 heavy (non-hydrogen) atoms. The van der Waals surface area contributed by atoms with Gasteiger partial charge in [0, 0.05) is 0 Å². The average molecular weight is 315 g/mol. The first kappa shape index (κ1) is 14.3. The summed E-state index contributed by atoms with van der Waals surface area (Å²) >= 11 is 1.20. The monoisotopic (exact) mass is 315 g/mol. The van der Waals surface area contributed by atoms with Crippen molar-refractivity contribution in [3.63, 3.8) is 0 Å². The van der Waals surface area contributed by atoms with Gasteiger partial charge in [-0.1, -0.05) is 41.7 Å². The summed E-state index contributed by atoms with van der Waals surface area (Å²) in [6.07, 6.45) is 0. The van der Waals surface area contributed by atoms with Crippen LogP contribution in [0.3, 0.4) is 0 Å². The number of anilines is 1. The van der Waals surface area contributed by atoms with Crippen molar-refractivity contribution >= 4 is 34.0 Å². The molecule has 112 valence electrons. The molecule has 1 aliphatic rings. The number of carbonyl (C=O) groups excluding carboxylic acids is 2. The number of hydrogen-bond donors (Lipinski definition) is 1. The van der Waals surface area contributed by atoms with E-state index in [0.717, 1.165) is 5.56 Å². The maximum Gasteiger partial charge on any atom is 0.261 e. The molecule has 1 atom stereocenters. The van der Waals surface area contributed by atoms with Crippen molar-refractivity contribution in [2.45, 2.75) is 13.5 Å². The first-order valence-corrected chi connectivity index (χ1v) is 7.50. The Labute approximate surface area is 130 Å². The predicted molar refractivity (Wildman–Crippen MR) is 82.1 cm³/mol. The Morgan fingerprint density at radius 3 is 2.82 bits per heavy atom. The Hall–Kier alpha value is -2.61. The Morgan fingerprint density at radius 1 is 1.36 bits per heavy atom. The fraction of sp³-hybridized carbons (Fsp3) is 0.214. The summed E-state index contributed by atoms with van der Waals surface area (Å²) in [7, 11) is 0. The van der Waals surface area contributed by atoms with Gasteiger partial charge in [0.25, 0.3) is 5.91 Å². The first-order chi connectivity index (χ1) is 10.6. The molecule has 0 bridgehead atoms. The zero-order valence-electron chi connectivity index (χ0n) is 11.8. The lowest BCUT2D eigenvalue weighted by Gasteiger charge is -2.13. The van der Waals surface area contributed by atoms with Crippen molar-refractivity contribution in [3.8, 4) is 0 Å². The minimum Gasteiger partial charge on any atom is -0.299 e. The molecular formula is C14H13N5O2S. The summed E-state index contributed by atoms with van der Waals surface area (Å²) < 4.78 is 0. The van der Waals surface area contributed by atoms with Crippen LogP contribution >= 0.6 is 11.3 Å². The van der Waals surface area contributed by atoms with Crippen LogP contribution in [-0.4, -0.2) is 32.7 Å². The molecule has 0 unspecified atom stereocenters. The van der Waals surface area contributed by atoms with Gasteiger partial charge in [-0.2, -0.15) is 5.10 Å². The third-order valence-corrected chi connectivity index (χ3v) is 3.83. The van der Waals surface area contributed by atoms with Gasteiger partial charge >= 0.3 is 0 Å². The molecule has 0 saturated heterocycles. The molecule has 0 fully saturated rings. The molecule has 0 aliphatic carbocycles. The summed E-state index contributed by atoms with van der Waals surface area (Å²) in [6, 6.07) is 9.51. The Morgan fingerprint density at radius 2 is 2.14 bits per heavy atom. The molecule has 2 amide bonds. The standard InChI is InChI=1S/C14H13N5O2S/c1-9-11(12(20)16-14-17-15-8-22-14)13(21)19(18-9)7-10-5-3-2-4-6-10/h2-6,8,11H,7H2,1H3,(H,16,17,20)/t11-/m1/s1. The van der Waals surface area contributed by atoms with E-state index in [9.17, 15) is 9.59 Å². The van der Waals surface area contributed by atoms with Crippen LogP contribution in [0.2, 0.25) is 0 Å². The van der Waals surface area contributed by atoms with Gasteiger partial charge in [0.15, 0.2) is 5.92 Å². The average Bonchev–Trinajstić information content (AvgIpc) is 3.09. The van der Waals surface area contributed by atoms with Crippen molar-refractivity contribution in [1.82, 2.24) is 15.2 Å². The number of rotatable bonds is 4. The molecule has 1 aliphatic heterocycles. The Kier molecular flexibility index (Phi) is 3.92. The maximum absolute atomic E-state index is 12.4. The van der Waals surface area contributed by atoms with Crippen molar-refractivity contribution < 1.29 is 9.59 Å². The second kappa shape index (κ2) is 6.02. The lowest BCUT2D eigenvalue weighted by atomic mass is 10.0. The normalized spacial score (nSPS) is 17.5. The van der Waals surface area contributed by atoms with Gasteiger partial charge in [0.05, 0.1) is 12.3 Å². The number of aromatic nitrogens is 2. The van der Waals surface area contributed by atoms with Crippen molar-refractivity contribution in [2.75, 3.05) is 5.32 Å². The molecule has 1 aromatic carbocycles. The first-order valence-electron chi connectivity index (χ1n) is 6.62. The molecule has 1 N–H and O–H groups in total. The van der Waals surface area contributed by atoms with E-state index in [-0.39, 0.29) is 5.91 Å². The van der Waals surface area contributed by atoms with Crippen LogP contribution in [0.4, 0.5) is 5.13 Å². The summed E-state index contributed by atoms with van der Waals surface area (Å²) in [4.78, 5) is 24.6. The molecule has 2 heterocycles. The highest BCUT2D eigenvalue weighted by molar-refractivity contribution is 7.13. The van der Waals surface area contributed by atoms with Gasteiger partial charge in [0.2, 0.25) is 11.0 Å². The Balaban J connectivity index is 1.71. The number of carbonyl (C=O) groups is 2. The molecule has 2 aromatic rings. The summed E-state index contributed by atoms with van der Waals surface area (Å²) in [6.45, 7) is 2.02. The number of hydrazone groups is 1. The fourth-order valence-electron chi connectivity index (χ4n) is 2.20. The van der Waals surface area contributed by atoms with Crippen LogP contribution < -0.4 is 5.32 Å². The number of hydrogen-bond acceptors (Lipinski definition) is 6. The lowest BCUT2D eigenvalue weighted by molar-refractivity contribution is -0.136. The van der Waals surface area contributed by atoms with E-state index in [1.807, 2.05) is 30.3 Å². The van der Waals surface area contributed by atoms with E-state index in [4.69, 9.17) is 0 Å². The number of nitrogens with zero attached hydrogens (tertiary/aromatic N) is 4. The largest absolute Gasteiger partial charge is 0.299 e. The lowest BCUT2D eigenvalue weighted by Crippen LogP contribution is -2.36. The maximum atomic E-state index is 12.4. The zero-order chi connectivity index (χ0) is 15.5. The fourth-order valence-corrected chi connectivity index (χ4v) is 2.65. The highest BCUT2D eigenvalue weighted by Crippen LogP contribution is 2.20. The van der Waals surface area contributed by atoms with E-state index in [1.165, 1.54) is 21.9 Å². The summed E-state index contributed by atoms with van der Waals surface area (Å²) in [5, 5.41) is 15.9. The van der Waals surface area contributed by atoms with Gasteiger partial charge in [-0.05, 0) is 12.5 Å². The molecule has 3 rings (SSSR count). The van der Waals surface area contributed by atoms with Crippen molar-refractivity contribution in [1.29, 1.82) is 0 Å². The van der Waals surface area contributed by atoms with Crippen LogP contribution in [0.5, 0.6) is 0 Å². The van der Waals surface area contributed by atoms with Crippen LogP contribution in [-0.2, 0) is 16.1 Å². The predicted octanol–water partition coefficient (Wildman–Crippen LogP) is 1.51. The van der Waals surface area contributed by atoms with E-state index < -0.39 is 11.8 Å². The third kappa shape index (κ3) is 2.86. The number of benzene rings is 1. The highest BCUT2D eigenvalue weighted by atomic mass is 32.1. The van der Waals surface area contributed by atoms with E-state index >= 15 is 0 Å². The number of amides is 2. The summed E-state index contributed by atoms with van der Waals surface area (Å²) in [5.74, 6) is -1.67. The van der Waals surface area contributed by atoms with E-state index in [1.54, 1.807) is 6.92 Å². The van der Waals surface area contributed by atoms with Gasteiger partial charge < -0.3 is 0 Å². The van der Waals surface area contributed by atoms with Crippen molar-refractivity contribution in [3.05, 3.63) is 41.4 Å². The van der Waals surface area contributed by atoms with Crippen LogP contribution in [0.1, 0.15) is 12.5 Å². The molecule has 0 radical (unpaired) electrons. The smallest absolute Gasteiger partial charge is 0.261 e. The minimum atomic E-state index is -0.910. The topological polar surface area (TPSA) is 87.5 Å². The second-order valence-electron chi connectivity index (χ2n) is 4.79.